The second-order valence-corrected chi connectivity index (χ2v) is 7.78. The molecule has 0 heterocycles. The highest BCUT2D eigenvalue weighted by Gasteiger charge is 2.60. The molecule has 2 aliphatic carbocycles. The van der Waals surface area contributed by atoms with Gasteiger partial charge in [0.25, 0.3) is 0 Å². The van der Waals surface area contributed by atoms with Crippen molar-refractivity contribution in [1.82, 2.24) is 0 Å². The van der Waals surface area contributed by atoms with Crippen LogP contribution in [0.2, 0.25) is 0 Å². The molecular weight excluding hydrogens is 244 g/mol. The molecule has 0 bridgehead atoms. The number of hydrogen-bond donors (Lipinski definition) is 4. The first-order chi connectivity index (χ1) is 8.42. The molecule has 4 N–H and O–H groups in total. The third-order valence-corrected chi connectivity index (χ3v) is 5.89. The van der Waals surface area contributed by atoms with Crippen molar-refractivity contribution in [2.45, 2.75) is 82.7 Å². The number of hydrogen-bond acceptors (Lipinski definition) is 4. The zero-order valence-electron chi connectivity index (χ0n) is 12.5. The van der Waals surface area contributed by atoms with Gasteiger partial charge in [-0.05, 0) is 58.8 Å². The Labute approximate surface area is 115 Å². The monoisotopic (exact) mass is 272 g/mol. The van der Waals surface area contributed by atoms with Crippen LogP contribution in [0.1, 0.15) is 59.8 Å². The zero-order chi connectivity index (χ0) is 14.7. The molecule has 2 fully saturated rings. The minimum Gasteiger partial charge on any atom is -0.393 e. The van der Waals surface area contributed by atoms with E-state index in [1.165, 1.54) is 0 Å². The van der Waals surface area contributed by atoms with Crippen LogP contribution >= 0.6 is 0 Å². The van der Waals surface area contributed by atoms with Crippen LogP contribution in [-0.2, 0) is 0 Å². The maximum absolute atomic E-state index is 10.9. The minimum atomic E-state index is -1.27. The molecule has 2 rings (SSSR count). The van der Waals surface area contributed by atoms with E-state index in [1.54, 1.807) is 20.8 Å². The Balaban J connectivity index is 2.44. The summed E-state index contributed by atoms with van der Waals surface area (Å²) < 4.78 is 0. The summed E-state index contributed by atoms with van der Waals surface area (Å²) in [5.41, 5.74) is -3.97. The van der Waals surface area contributed by atoms with Crippen molar-refractivity contribution in [3.63, 3.8) is 0 Å². The Morgan fingerprint density at radius 2 is 1.63 bits per heavy atom. The van der Waals surface area contributed by atoms with Crippen LogP contribution in [0, 0.1) is 11.3 Å². The highest BCUT2D eigenvalue weighted by molar-refractivity contribution is 5.11. The molecule has 0 aliphatic heterocycles. The molecule has 19 heavy (non-hydrogen) atoms. The zero-order valence-corrected chi connectivity index (χ0v) is 12.5. The maximum atomic E-state index is 10.9. The van der Waals surface area contributed by atoms with Crippen LogP contribution in [-0.4, -0.2) is 43.3 Å². The lowest BCUT2D eigenvalue weighted by molar-refractivity contribution is -0.161. The van der Waals surface area contributed by atoms with Gasteiger partial charge in [0.2, 0.25) is 0 Å². The Morgan fingerprint density at radius 3 is 2.16 bits per heavy atom. The summed E-state index contributed by atoms with van der Waals surface area (Å²) in [6.07, 6.45) is 2.01. The Bertz CT molecular complexity index is 360. The third-order valence-electron chi connectivity index (χ3n) is 5.89. The van der Waals surface area contributed by atoms with Gasteiger partial charge in [-0.2, -0.15) is 0 Å². The first-order valence-corrected chi connectivity index (χ1v) is 7.28. The summed E-state index contributed by atoms with van der Waals surface area (Å²) in [7, 11) is 0. The molecule has 0 saturated heterocycles. The third kappa shape index (κ3) is 2.23. The standard InChI is InChI=1S/C15H28O4/c1-12(2,17)15(19)8-7-14(4,18)10-5-6-11(16)13(10,3)9-15/h10-11,16-19H,5-9H2,1-4H3. The van der Waals surface area contributed by atoms with Gasteiger partial charge in [0, 0.05) is 5.41 Å². The van der Waals surface area contributed by atoms with Gasteiger partial charge in [-0.25, -0.2) is 0 Å². The lowest BCUT2D eigenvalue weighted by atomic mass is 9.66. The molecular formula is C15H28O4. The summed E-state index contributed by atoms with van der Waals surface area (Å²) in [6.45, 7) is 6.94. The van der Waals surface area contributed by atoms with Crippen LogP contribution in [0.3, 0.4) is 0 Å². The maximum Gasteiger partial charge on any atom is 0.0935 e. The van der Waals surface area contributed by atoms with E-state index in [0.29, 0.717) is 25.7 Å². The van der Waals surface area contributed by atoms with E-state index in [1.807, 2.05) is 6.92 Å². The molecule has 0 radical (unpaired) electrons. The highest BCUT2D eigenvalue weighted by Crippen LogP contribution is 2.57. The number of fused-ring (bicyclic) bond motifs is 1. The van der Waals surface area contributed by atoms with Crippen molar-refractivity contribution in [3.05, 3.63) is 0 Å². The van der Waals surface area contributed by atoms with Gasteiger partial charge in [-0.15, -0.1) is 0 Å². The van der Waals surface area contributed by atoms with Crippen LogP contribution in [0.4, 0.5) is 0 Å². The quantitative estimate of drug-likeness (QED) is 0.578. The Kier molecular flexibility index (Phi) is 3.34. The normalized spacial score (nSPS) is 51.8. The first kappa shape index (κ1) is 15.2. The van der Waals surface area contributed by atoms with E-state index in [-0.39, 0.29) is 5.92 Å². The topological polar surface area (TPSA) is 80.9 Å². The highest BCUT2D eigenvalue weighted by atomic mass is 16.4. The van der Waals surface area contributed by atoms with Crippen molar-refractivity contribution in [1.29, 1.82) is 0 Å². The number of aliphatic hydroxyl groups excluding tert-OH is 1. The number of rotatable bonds is 1. The van der Waals surface area contributed by atoms with Crippen molar-refractivity contribution in [3.8, 4) is 0 Å². The molecule has 0 aromatic rings. The minimum absolute atomic E-state index is 0.0358. The van der Waals surface area contributed by atoms with Crippen LogP contribution in [0.5, 0.6) is 0 Å². The Hall–Kier alpha value is -0.160. The fraction of sp³-hybridized carbons (Fsp3) is 1.00. The molecule has 5 atom stereocenters. The molecule has 2 aliphatic rings. The fourth-order valence-corrected chi connectivity index (χ4v) is 4.35. The smallest absolute Gasteiger partial charge is 0.0935 e. The van der Waals surface area contributed by atoms with Gasteiger partial charge in [0.15, 0.2) is 0 Å². The lowest BCUT2D eigenvalue weighted by Crippen LogP contribution is -2.53. The van der Waals surface area contributed by atoms with Gasteiger partial charge >= 0.3 is 0 Å². The van der Waals surface area contributed by atoms with E-state index >= 15 is 0 Å². The molecule has 0 amide bonds. The predicted octanol–water partition coefficient (Wildman–Crippen LogP) is 1.20. The molecule has 2 saturated carbocycles. The summed E-state index contributed by atoms with van der Waals surface area (Å²) >= 11 is 0. The average molecular weight is 272 g/mol. The van der Waals surface area contributed by atoms with Crippen LogP contribution < -0.4 is 0 Å². The molecule has 0 aromatic heterocycles. The summed E-state index contributed by atoms with van der Waals surface area (Å²) in [6, 6.07) is 0. The molecule has 112 valence electrons. The second-order valence-electron chi connectivity index (χ2n) is 7.78. The van der Waals surface area contributed by atoms with Gasteiger partial charge in [0.05, 0.1) is 22.9 Å². The van der Waals surface area contributed by atoms with Crippen molar-refractivity contribution in [2.75, 3.05) is 0 Å². The van der Waals surface area contributed by atoms with Crippen LogP contribution in [0.15, 0.2) is 0 Å². The second kappa shape index (κ2) is 4.17. The van der Waals surface area contributed by atoms with E-state index in [4.69, 9.17) is 0 Å². The van der Waals surface area contributed by atoms with E-state index in [9.17, 15) is 20.4 Å². The summed E-state index contributed by atoms with van der Waals surface area (Å²) in [5.74, 6) is -0.0358. The fourth-order valence-electron chi connectivity index (χ4n) is 4.35. The number of aliphatic hydroxyl groups is 4. The molecule has 4 nitrogen and oxygen atoms in total. The predicted molar refractivity (Wildman–Crippen MR) is 72.6 cm³/mol. The summed E-state index contributed by atoms with van der Waals surface area (Å²) in [5, 5.41) is 42.2. The largest absolute Gasteiger partial charge is 0.393 e. The van der Waals surface area contributed by atoms with Gasteiger partial charge in [-0.3, -0.25) is 0 Å². The molecule has 0 spiro atoms. The first-order valence-electron chi connectivity index (χ1n) is 7.28. The molecule has 4 heteroatoms. The van der Waals surface area contributed by atoms with Crippen molar-refractivity contribution >= 4 is 0 Å². The summed E-state index contributed by atoms with van der Waals surface area (Å²) in [4.78, 5) is 0. The van der Waals surface area contributed by atoms with Gasteiger partial charge in [-0.1, -0.05) is 6.92 Å². The molecule has 0 aromatic carbocycles. The Morgan fingerprint density at radius 1 is 1.05 bits per heavy atom. The van der Waals surface area contributed by atoms with Gasteiger partial charge in [0.1, 0.15) is 0 Å². The SMILES string of the molecule is CC1(O)CCC(O)(C(C)(C)O)CC2(C)C(O)CCC12. The van der Waals surface area contributed by atoms with E-state index in [2.05, 4.69) is 0 Å². The lowest BCUT2D eigenvalue weighted by Gasteiger charge is -2.45. The van der Waals surface area contributed by atoms with Crippen molar-refractivity contribution < 1.29 is 20.4 Å². The van der Waals surface area contributed by atoms with E-state index in [0.717, 1.165) is 6.42 Å². The van der Waals surface area contributed by atoms with Crippen molar-refractivity contribution in [2.24, 2.45) is 11.3 Å². The molecule has 5 unspecified atom stereocenters. The average Bonchev–Trinajstić information content (AvgIpc) is 2.47. The van der Waals surface area contributed by atoms with E-state index < -0.39 is 28.3 Å². The van der Waals surface area contributed by atoms with Gasteiger partial charge < -0.3 is 20.4 Å². The van der Waals surface area contributed by atoms with Crippen LogP contribution in [0.25, 0.3) is 0 Å².